The molecule has 150 valence electrons. The number of sulfonamides is 1. The first-order chi connectivity index (χ1) is 13.3. The summed E-state index contributed by atoms with van der Waals surface area (Å²) in [5.74, 6) is -0.981. The Morgan fingerprint density at radius 2 is 1.75 bits per heavy atom. The third-order valence-electron chi connectivity index (χ3n) is 3.98. The predicted octanol–water partition coefficient (Wildman–Crippen LogP) is 3.05. The van der Waals surface area contributed by atoms with Gasteiger partial charge in [-0.3, -0.25) is 9.10 Å². The molecular weight excluding hydrogens is 380 g/mol. The first kappa shape index (κ1) is 21.4. The fourth-order valence-electron chi connectivity index (χ4n) is 2.80. The number of amides is 1. The second-order valence-corrected chi connectivity index (χ2v) is 7.97. The van der Waals surface area contributed by atoms with Crippen molar-refractivity contribution in [1.29, 1.82) is 0 Å². The van der Waals surface area contributed by atoms with Gasteiger partial charge in [0.15, 0.2) is 0 Å². The molecule has 0 unspecified atom stereocenters. The number of hydrogen-bond acceptors (Lipinski definition) is 5. The first-order valence-electron chi connectivity index (χ1n) is 8.90. The number of benzene rings is 2. The zero-order valence-corrected chi connectivity index (χ0v) is 16.9. The molecule has 2 aromatic rings. The minimum Gasteiger partial charge on any atom is -0.462 e. The molecule has 28 heavy (non-hydrogen) atoms. The molecule has 2 aromatic carbocycles. The number of nitrogens with one attached hydrogen (secondary N) is 1. The van der Waals surface area contributed by atoms with E-state index in [0.717, 1.165) is 10.6 Å². The van der Waals surface area contributed by atoms with E-state index in [1.165, 1.54) is 6.07 Å². The van der Waals surface area contributed by atoms with Gasteiger partial charge in [-0.25, -0.2) is 13.2 Å². The third-order valence-corrected chi connectivity index (χ3v) is 5.16. The quantitative estimate of drug-likeness (QED) is 0.683. The summed E-state index contributed by atoms with van der Waals surface area (Å²) in [4.78, 5) is 24.8. The van der Waals surface area contributed by atoms with Gasteiger partial charge < -0.3 is 10.1 Å². The molecule has 8 heteroatoms. The lowest BCUT2D eigenvalue weighted by Crippen LogP contribution is -2.47. The normalized spacial score (nSPS) is 12.1. The van der Waals surface area contributed by atoms with E-state index < -0.39 is 27.9 Å². The predicted molar refractivity (Wildman–Crippen MR) is 109 cm³/mol. The average Bonchev–Trinajstić information content (AvgIpc) is 2.66. The maximum atomic E-state index is 12.9. The van der Waals surface area contributed by atoms with Crippen LogP contribution in [0.1, 0.15) is 30.6 Å². The van der Waals surface area contributed by atoms with Crippen LogP contribution >= 0.6 is 0 Å². The lowest BCUT2D eigenvalue weighted by Gasteiger charge is -2.30. The fourth-order valence-corrected chi connectivity index (χ4v) is 4.01. The average molecular weight is 404 g/mol. The molecule has 0 aliphatic rings. The van der Waals surface area contributed by atoms with Crippen molar-refractivity contribution in [1.82, 2.24) is 0 Å². The molecule has 1 N–H and O–H groups in total. The molecule has 0 radical (unpaired) electrons. The number of ether oxygens (including phenoxy) is 1. The van der Waals surface area contributed by atoms with E-state index in [1.807, 2.05) is 0 Å². The maximum absolute atomic E-state index is 12.9. The van der Waals surface area contributed by atoms with Crippen molar-refractivity contribution in [2.75, 3.05) is 22.5 Å². The van der Waals surface area contributed by atoms with Crippen LogP contribution in [0.25, 0.3) is 0 Å². The number of nitrogens with zero attached hydrogens (tertiary/aromatic N) is 1. The summed E-state index contributed by atoms with van der Waals surface area (Å²) in [6, 6.07) is 13.8. The highest BCUT2D eigenvalue weighted by molar-refractivity contribution is 7.92. The van der Waals surface area contributed by atoms with E-state index in [0.29, 0.717) is 16.9 Å². The summed E-state index contributed by atoms with van der Waals surface area (Å²) in [6.07, 6.45) is 1.34. The van der Waals surface area contributed by atoms with Crippen LogP contribution in [0.2, 0.25) is 0 Å². The van der Waals surface area contributed by atoms with Crippen LogP contribution in [0.5, 0.6) is 0 Å². The summed E-state index contributed by atoms with van der Waals surface area (Å²) in [7, 11) is -3.70. The van der Waals surface area contributed by atoms with E-state index in [-0.39, 0.29) is 13.0 Å². The zero-order valence-electron chi connectivity index (χ0n) is 16.1. The molecule has 0 bridgehead atoms. The lowest BCUT2D eigenvalue weighted by molar-refractivity contribution is -0.117. The van der Waals surface area contributed by atoms with Crippen LogP contribution < -0.4 is 9.62 Å². The van der Waals surface area contributed by atoms with E-state index in [9.17, 15) is 18.0 Å². The van der Waals surface area contributed by atoms with Crippen LogP contribution in [0.4, 0.5) is 11.4 Å². The molecule has 0 saturated heterocycles. The Kier molecular flexibility index (Phi) is 7.17. The lowest BCUT2D eigenvalue weighted by atomic mass is 10.1. The fraction of sp³-hybridized carbons (Fsp3) is 0.300. The summed E-state index contributed by atoms with van der Waals surface area (Å²) >= 11 is 0. The Morgan fingerprint density at radius 1 is 1.07 bits per heavy atom. The zero-order chi connectivity index (χ0) is 20.7. The molecular formula is C20H24N2O5S. The van der Waals surface area contributed by atoms with E-state index in [4.69, 9.17) is 4.74 Å². The molecule has 0 saturated carbocycles. The van der Waals surface area contributed by atoms with Crippen LogP contribution in [-0.4, -0.2) is 39.2 Å². The van der Waals surface area contributed by atoms with Crippen molar-refractivity contribution in [3.63, 3.8) is 0 Å². The van der Waals surface area contributed by atoms with Crippen LogP contribution in [0.3, 0.4) is 0 Å². The number of para-hydroxylation sites is 1. The molecule has 0 heterocycles. The summed E-state index contributed by atoms with van der Waals surface area (Å²) < 4.78 is 30.8. The molecule has 0 aliphatic heterocycles. The number of hydrogen-bond donors (Lipinski definition) is 1. The van der Waals surface area contributed by atoms with Gasteiger partial charge in [-0.2, -0.15) is 0 Å². The standard InChI is InChI=1S/C20H24N2O5S/c1-4-18(22(28(3,25)26)17-12-7-6-8-13-17)19(23)21-16-11-9-10-15(14-16)20(24)27-5-2/h6-14,18H,4-5H2,1-3H3,(H,21,23)/t18-/m1/s1. The third kappa shape index (κ3) is 5.32. The molecule has 0 spiro atoms. The van der Waals surface area contributed by atoms with Gasteiger partial charge >= 0.3 is 5.97 Å². The van der Waals surface area contributed by atoms with E-state index in [1.54, 1.807) is 62.4 Å². The SMILES string of the molecule is CCOC(=O)c1cccc(NC(=O)[C@@H](CC)N(c2ccccc2)S(C)(=O)=O)c1. The van der Waals surface area contributed by atoms with Gasteiger partial charge in [0, 0.05) is 5.69 Å². The summed E-state index contributed by atoms with van der Waals surface area (Å²) in [5, 5.41) is 2.70. The smallest absolute Gasteiger partial charge is 0.338 e. The van der Waals surface area contributed by atoms with Gasteiger partial charge in [-0.1, -0.05) is 31.2 Å². The van der Waals surface area contributed by atoms with Crippen molar-refractivity contribution in [3.8, 4) is 0 Å². The van der Waals surface area contributed by atoms with Crippen molar-refractivity contribution in [2.24, 2.45) is 0 Å². The van der Waals surface area contributed by atoms with Crippen molar-refractivity contribution < 1.29 is 22.7 Å². The highest BCUT2D eigenvalue weighted by Gasteiger charge is 2.31. The Bertz CT molecular complexity index is 929. The van der Waals surface area contributed by atoms with Crippen LogP contribution in [0.15, 0.2) is 54.6 Å². The molecule has 1 atom stereocenters. The number of rotatable bonds is 8. The number of esters is 1. The molecule has 7 nitrogen and oxygen atoms in total. The Labute approximate surface area is 165 Å². The molecule has 2 rings (SSSR count). The maximum Gasteiger partial charge on any atom is 0.338 e. The molecule has 0 fully saturated rings. The van der Waals surface area contributed by atoms with Crippen LogP contribution in [-0.2, 0) is 19.6 Å². The molecule has 0 aliphatic carbocycles. The van der Waals surface area contributed by atoms with E-state index in [2.05, 4.69) is 5.32 Å². The van der Waals surface area contributed by atoms with Gasteiger partial charge in [0.2, 0.25) is 15.9 Å². The highest BCUT2D eigenvalue weighted by atomic mass is 32.2. The largest absolute Gasteiger partial charge is 0.462 e. The van der Waals surface area contributed by atoms with E-state index >= 15 is 0 Å². The minimum atomic E-state index is -3.70. The second kappa shape index (κ2) is 9.36. The van der Waals surface area contributed by atoms with Gasteiger partial charge in [-0.05, 0) is 43.7 Å². The van der Waals surface area contributed by atoms with Gasteiger partial charge in [0.1, 0.15) is 6.04 Å². The Balaban J connectivity index is 2.30. The monoisotopic (exact) mass is 404 g/mol. The number of carbonyl (C=O) groups is 2. The van der Waals surface area contributed by atoms with Crippen molar-refractivity contribution in [3.05, 3.63) is 60.2 Å². The van der Waals surface area contributed by atoms with Crippen LogP contribution in [0, 0.1) is 0 Å². The first-order valence-corrected chi connectivity index (χ1v) is 10.7. The number of anilines is 2. The van der Waals surface area contributed by atoms with Crippen molar-refractivity contribution >= 4 is 33.3 Å². The highest BCUT2D eigenvalue weighted by Crippen LogP contribution is 2.23. The van der Waals surface area contributed by atoms with Gasteiger partial charge in [-0.15, -0.1) is 0 Å². The minimum absolute atomic E-state index is 0.244. The summed E-state index contributed by atoms with van der Waals surface area (Å²) in [5.41, 5.74) is 1.10. The molecule has 1 amide bonds. The summed E-state index contributed by atoms with van der Waals surface area (Å²) in [6.45, 7) is 3.69. The topological polar surface area (TPSA) is 92.8 Å². The van der Waals surface area contributed by atoms with Crippen molar-refractivity contribution in [2.45, 2.75) is 26.3 Å². The van der Waals surface area contributed by atoms with Gasteiger partial charge in [0.25, 0.3) is 0 Å². The second-order valence-electron chi connectivity index (χ2n) is 6.11. The number of carbonyl (C=O) groups excluding carboxylic acids is 2. The Morgan fingerprint density at radius 3 is 2.32 bits per heavy atom. The van der Waals surface area contributed by atoms with Gasteiger partial charge in [0.05, 0.1) is 24.1 Å². The Hall–Kier alpha value is -2.87. The molecule has 0 aromatic heterocycles.